The molecule has 0 spiro atoms. The minimum absolute atomic E-state index is 0.0254. The van der Waals surface area contributed by atoms with Crippen LogP contribution in [0.25, 0.3) is 44.5 Å². The molecule has 0 N–H and O–H groups in total. The van der Waals surface area contributed by atoms with E-state index in [9.17, 15) is 10.1 Å². The van der Waals surface area contributed by atoms with E-state index in [0.717, 1.165) is 44.5 Å². The lowest BCUT2D eigenvalue weighted by atomic mass is 9.63. The first-order valence-electron chi connectivity index (χ1n) is 10.8. The summed E-state index contributed by atoms with van der Waals surface area (Å²) in [5.74, 6) is 0. The molecule has 2 heterocycles. The summed E-state index contributed by atoms with van der Waals surface area (Å²) in [6, 6.07) is 11.4. The van der Waals surface area contributed by atoms with Crippen molar-refractivity contribution in [3.05, 3.63) is 62.3 Å². The molecular weight excluding hydrogens is 439 g/mol. The molecule has 0 bridgehead atoms. The van der Waals surface area contributed by atoms with Crippen LogP contribution in [0, 0.1) is 10.1 Å². The number of aromatic nitrogens is 1. The maximum Gasteiger partial charge on any atom is 0.268 e. The average Bonchev–Trinajstić information content (AvgIpc) is 3.32. The quantitative estimate of drug-likeness (QED) is 0.237. The van der Waals surface area contributed by atoms with Crippen LogP contribution in [-0.4, -0.2) is 40.7 Å². The smallest absolute Gasteiger partial charge is 0.268 e. The van der Waals surface area contributed by atoms with Crippen LogP contribution in [0.3, 0.4) is 0 Å². The Hall–Kier alpha value is -3.11. The van der Waals surface area contributed by atoms with Crippen LogP contribution in [-0.2, 0) is 6.42 Å². The van der Waals surface area contributed by atoms with Crippen LogP contribution in [0.5, 0.6) is 0 Å². The number of benzene rings is 3. The van der Waals surface area contributed by atoms with Gasteiger partial charge >= 0.3 is 0 Å². The van der Waals surface area contributed by atoms with E-state index < -0.39 is 4.92 Å². The van der Waals surface area contributed by atoms with Crippen LogP contribution in [0.4, 0.5) is 5.69 Å². The SMILES string of the molecule is [B]c1c([B])c([B])c([N+](=O)[O-])c(-c2cccc3c2c(=CC)c2c(CC)c4cccc(Cl)c4n23)c1[B]. The highest BCUT2D eigenvalue weighted by Crippen LogP contribution is 2.37. The van der Waals surface area contributed by atoms with Crippen molar-refractivity contribution in [2.24, 2.45) is 0 Å². The first kappa shape index (κ1) is 22.7. The summed E-state index contributed by atoms with van der Waals surface area (Å²) in [5.41, 5.74) is 4.00. The lowest BCUT2D eigenvalue weighted by molar-refractivity contribution is -0.382. The highest BCUT2D eigenvalue weighted by molar-refractivity contribution is 6.65. The van der Waals surface area contributed by atoms with Crippen molar-refractivity contribution in [3.63, 3.8) is 0 Å². The molecule has 2 aromatic heterocycles. The molecule has 0 unspecified atom stereocenters. The molecule has 0 aliphatic rings. The molecule has 0 fully saturated rings. The summed E-state index contributed by atoms with van der Waals surface area (Å²) in [4.78, 5) is 11.5. The van der Waals surface area contributed by atoms with Gasteiger partial charge in [-0.3, -0.25) is 10.1 Å². The fourth-order valence-corrected chi connectivity index (χ4v) is 5.40. The average molecular weight is 454 g/mol. The molecule has 0 saturated heterocycles. The van der Waals surface area contributed by atoms with Gasteiger partial charge in [-0.15, -0.1) is 10.9 Å². The topological polar surface area (TPSA) is 47.5 Å². The number of fused-ring (bicyclic) bond motifs is 5. The zero-order valence-electron chi connectivity index (χ0n) is 18.6. The second kappa shape index (κ2) is 7.99. The second-order valence-electron chi connectivity index (χ2n) is 8.19. The molecule has 0 aliphatic carbocycles. The standard InChI is InChI=1S/C25H15B4ClN2O2/c1-3-11-13-7-5-9-15(30)24(13)31-16-10-6-8-14(17(16)12(4-2)23(11)31)18-19(26)20(27)21(28)22(29)25(18)32(33)34/h4-10H,3H2,1-2H3. The number of aryl methyl sites for hydroxylation is 1. The third-order valence-corrected chi connectivity index (χ3v) is 6.88. The van der Waals surface area contributed by atoms with Crippen LogP contribution >= 0.6 is 11.6 Å². The van der Waals surface area contributed by atoms with Crippen molar-refractivity contribution in [1.82, 2.24) is 4.40 Å². The van der Waals surface area contributed by atoms with E-state index in [4.69, 9.17) is 43.0 Å². The molecule has 0 amide bonds. The van der Waals surface area contributed by atoms with Crippen molar-refractivity contribution in [2.75, 3.05) is 0 Å². The number of nitro benzene ring substituents is 1. The zero-order chi connectivity index (χ0) is 24.5. The van der Waals surface area contributed by atoms with Crippen LogP contribution in [0.2, 0.25) is 5.02 Å². The summed E-state index contributed by atoms with van der Waals surface area (Å²) in [6.45, 7) is 4.03. The van der Waals surface area contributed by atoms with Crippen LogP contribution < -0.4 is 27.1 Å². The van der Waals surface area contributed by atoms with Crippen molar-refractivity contribution in [3.8, 4) is 11.1 Å². The van der Waals surface area contributed by atoms with Gasteiger partial charge in [0.25, 0.3) is 5.69 Å². The summed E-state index contributed by atoms with van der Waals surface area (Å²) >= 11 is 6.68. The highest BCUT2D eigenvalue weighted by Gasteiger charge is 2.27. The van der Waals surface area contributed by atoms with Crippen LogP contribution in [0.15, 0.2) is 36.4 Å². The molecule has 3 aromatic carbocycles. The normalized spacial score (nSPS) is 12.4. The van der Waals surface area contributed by atoms with E-state index in [1.165, 1.54) is 0 Å². The van der Waals surface area contributed by atoms with Crippen molar-refractivity contribution in [2.45, 2.75) is 20.3 Å². The Kier molecular flexibility index (Phi) is 5.33. The zero-order valence-corrected chi connectivity index (χ0v) is 19.4. The summed E-state index contributed by atoms with van der Waals surface area (Å²) in [7, 11) is 24.5. The summed E-state index contributed by atoms with van der Waals surface area (Å²) < 4.78 is 2.12. The van der Waals surface area contributed by atoms with Crippen molar-refractivity contribution < 1.29 is 4.92 Å². The molecule has 0 aliphatic heterocycles. The van der Waals surface area contributed by atoms with E-state index in [2.05, 4.69) is 17.4 Å². The Labute approximate surface area is 206 Å². The molecule has 0 atom stereocenters. The summed E-state index contributed by atoms with van der Waals surface area (Å²) in [6.07, 6.45) is 2.78. The molecule has 4 nitrogen and oxygen atoms in total. The fraction of sp³-hybridized carbons (Fsp3) is 0.120. The lowest BCUT2D eigenvalue weighted by Gasteiger charge is -2.18. The Morgan fingerprint density at radius 2 is 1.68 bits per heavy atom. The minimum Gasteiger partial charge on any atom is -0.307 e. The molecule has 156 valence electrons. The van der Waals surface area contributed by atoms with Crippen molar-refractivity contribution >= 4 is 104 Å². The highest BCUT2D eigenvalue weighted by atomic mass is 35.5. The predicted molar refractivity (Wildman–Crippen MR) is 146 cm³/mol. The number of hydrogen-bond donors (Lipinski definition) is 0. The van der Waals surface area contributed by atoms with E-state index in [1.54, 1.807) is 6.07 Å². The van der Waals surface area contributed by atoms with E-state index in [-0.39, 0.29) is 33.1 Å². The van der Waals surface area contributed by atoms with Gasteiger partial charge in [0, 0.05) is 16.0 Å². The third kappa shape index (κ3) is 2.84. The van der Waals surface area contributed by atoms with E-state index in [1.807, 2.05) is 37.3 Å². The molecular formula is C25H15B4ClN2O2. The van der Waals surface area contributed by atoms with Gasteiger partial charge in [-0.2, -0.15) is 0 Å². The molecule has 34 heavy (non-hydrogen) atoms. The van der Waals surface area contributed by atoms with Gasteiger partial charge in [0.05, 0.1) is 32.1 Å². The Balaban J connectivity index is 2.10. The maximum absolute atomic E-state index is 12.1. The number of nitrogens with zero attached hydrogens (tertiary/aromatic N) is 2. The molecule has 9 heteroatoms. The fourth-order valence-electron chi connectivity index (χ4n) is 5.14. The number of hydrogen-bond acceptors (Lipinski definition) is 2. The molecule has 0 saturated carbocycles. The first-order valence-corrected chi connectivity index (χ1v) is 11.1. The van der Waals surface area contributed by atoms with Gasteiger partial charge in [0.2, 0.25) is 0 Å². The van der Waals surface area contributed by atoms with Gasteiger partial charge < -0.3 is 4.40 Å². The first-order chi connectivity index (χ1) is 16.2. The van der Waals surface area contributed by atoms with E-state index in [0.29, 0.717) is 10.6 Å². The van der Waals surface area contributed by atoms with Gasteiger partial charge in [-0.25, -0.2) is 0 Å². The maximum atomic E-state index is 12.1. The van der Waals surface area contributed by atoms with Crippen LogP contribution in [0.1, 0.15) is 19.4 Å². The van der Waals surface area contributed by atoms with E-state index >= 15 is 0 Å². The predicted octanol–water partition coefficient (Wildman–Crippen LogP) is 1.73. The Bertz CT molecular complexity index is 1740. The molecule has 5 rings (SSSR count). The van der Waals surface area contributed by atoms with Gasteiger partial charge in [0.15, 0.2) is 0 Å². The monoisotopic (exact) mass is 454 g/mol. The summed E-state index contributed by atoms with van der Waals surface area (Å²) in [5, 5.41) is 15.5. The van der Waals surface area contributed by atoms with Gasteiger partial charge in [0.1, 0.15) is 31.4 Å². The second-order valence-corrected chi connectivity index (χ2v) is 8.60. The Morgan fingerprint density at radius 3 is 2.32 bits per heavy atom. The Morgan fingerprint density at radius 1 is 1.00 bits per heavy atom. The van der Waals surface area contributed by atoms with Crippen molar-refractivity contribution in [1.29, 1.82) is 0 Å². The third-order valence-electron chi connectivity index (χ3n) is 6.58. The number of para-hydroxylation sites is 1. The number of halogens is 1. The minimum atomic E-state index is -0.565. The van der Waals surface area contributed by atoms with Gasteiger partial charge in [-0.05, 0) is 42.1 Å². The lowest BCUT2D eigenvalue weighted by Crippen LogP contribution is -2.49. The van der Waals surface area contributed by atoms with Gasteiger partial charge in [-0.1, -0.05) is 54.3 Å². The number of nitro groups is 1. The number of rotatable bonds is 3. The molecule has 5 aromatic rings. The molecule has 8 radical (unpaired) electrons. The largest absolute Gasteiger partial charge is 0.307 e.